The lowest BCUT2D eigenvalue weighted by Gasteiger charge is -2.13. The molecule has 2 aromatic rings. The van der Waals surface area contributed by atoms with Gasteiger partial charge < -0.3 is 14.9 Å². The summed E-state index contributed by atoms with van der Waals surface area (Å²) in [6.07, 6.45) is -0.396. The van der Waals surface area contributed by atoms with Crippen LogP contribution in [0, 0.1) is 5.82 Å². The van der Waals surface area contributed by atoms with Gasteiger partial charge in [-0.05, 0) is 24.3 Å². The number of aliphatic hydroxyl groups is 2. The Balaban J connectivity index is 2.20. The highest BCUT2D eigenvalue weighted by Gasteiger charge is 2.27. The number of aliphatic hydroxyl groups excluding tert-OH is 2. The largest absolute Gasteiger partial charge is 0.467 e. The maximum Gasteiger partial charge on any atom is 0.337 e. The molecular formula is C13H13FN2O4. The summed E-state index contributed by atoms with van der Waals surface area (Å²) in [4.78, 5) is 11.1. The lowest BCUT2D eigenvalue weighted by atomic mass is 10.1. The molecule has 2 unspecified atom stereocenters. The van der Waals surface area contributed by atoms with E-state index in [0.717, 1.165) is 7.11 Å². The van der Waals surface area contributed by atoms with Crippen LogP contribution >= 0.6 is 0 Å². The minimum Gasteiger partial charge on any atom is -0.467 e. The Bertz CT molecular complexity index is 597. The van der Waals surface area contributed by atoms with Crippen molar-refractivity contribution in [3.63, 3.8) is 0 Å². The average Bonchev–Trinajstić information content (AvgIpc) is 2.95. The van der Waals surface area contributed by atoms with Gasteiger partial charge in [-0.15, -0.1) is 0 Å². The number of hydrogen-bond donors (Lipinski definition) is 2. The molecule has 7 heteroatoms. The number of hydrogen-bond acceptors (Lipinski definition) is 5. The Hall–Kier alpha value is -2.25. The van der Waals surface area contributed by atoms with E-state index in [2.05, 4.69) is 9.84 Å². The SMILES string of the molecule is COC(=O)C(O)C(O)c1cnn(-c2ccc(F)cc2)c1. The zero-order valence-corrected chi connectivity index (χ0v) is 10.6. The first-order chi connectivity index (χ1) is 9.52. The summed E-state index contributed by atoms with van der Waals surface area (Å²) >= 11 is 0. The quantitative estimate of drug-likeness (QED) is 0.800. The van der Waals surface area contributed by atoms with Crippen LogP contribution in [0.4, 0.5) is 4.39 Å². The molecule has 106 valence electrons. The van der Waals surface area contributed by atoms with Crippen molar-refractivity contribution in [2.24, 2.45) is 0 Å². The Labute approximate surface area is 114 Å². The van der Waals surface area contributed by atoms with E-state index >= 15 is 0 Å². The number of rotatable bonds is 4. The second-order valence-electron chi connectivity index (χ2n) is 4.11. The highest BCUT2D eigenvalue weighted by Crippen LogP contribution is 2.19. The second kappa shape index (κ2) is 5.81. The predicted octanol–water partition coefficient (Wildman–Crippen LogP) is 0.579. The Morgan fingerprint density at radius 2 is 2.00 bits per heavy atom. The molecule has 0 saturated heterocycles. The number of nitrogens with zero attached hydrogens (tertiary/aromatic N) is 2. The molecule has 0 fully saturated rings. The maximum atomic E-state index is 12.8. The van der Waals surface area contributed by atoms with Crippen LogP contribution in [-0.2, 0) is 9.53 Å². The van der Waals surface area contributed by atoms with E-state index in [9.17, 15) is 19.4 Å². The van der Waals surface area contributed by atoms with Crippen LogP contribution in [0.25, 0.3) is 5.69 Å². The molecule has 2 N–H and O–H groups in total. The van der Waals surface area contributed by atoms with Crippen LogP contribution in [0.3, 0.4) is 0 Å². The fourth-order valence-electron chi connectivity index (χ4n) is 1.66. The van der Waals surface area contributed by atoms with Crippen molar-refractivity contribution in [2.45, 2.75) is 12.2 Å². The van der Waals surface area contributed by atoms with Crippen molar-refractivity contribution in [3.8, 4) is 5.69 Å². The number of carbonyl (C=O) groups is 1. The van der Waals surface area contributed by atoms with Gasteiger partial charge >= 0.3 is 5.97 Å². The third kappa shape index (κ3) is 2.84. The molecule has 0 aliphatic heterocycles. The van der Waals surface area contributed by atoms with Crippen molar-refractivity contribution in [2.75, 3.05) is 7.11 Å². The molecule has 0 radical (unpaired) electrons. The lowest BCUT2D eigenvalue weighted by molar-refractivity contribution is -0.156. The van der Waals surface area contributed by atoms with Crippen LogP contribution in [0.2, 0.25) is 0 Å². The number of methoxy groups -OCH3 is 1. The number of esters is 1. The van der Waals surface area contributed by atoms with E-state index in [1.807, 2.05) is 0 Å². The smallest absolute Gasteiger partial charge is 0.337 e. The van der Waals surface area contributed by atoms with Crippen LogP contribution in [0.1, 0.15) is 11.7 Å². The normalized spacial score (nSPS) is 13.8. The Morgan fingerprint density at radius 3 is 2.60 bits per heavy atom. The van der Waals surface area contributed by atoms with Gasteiger partial charge in [0.2, 0.25) is 0 Å². The molecular weight excluding hydrogens is 267 g/mol. The van der Waals surface area contributed by atoms with E-state index in [1.54, 1.807) is 0 Å². The molecule has 0 bridgehead atoms. The molecule has 0 aliphatic rings. The first kappa shape index (κ1) is 14.2. The minimum absolute atomic E-state index is 0.243. The molecule has 0 aliphatic carbocycles. The predicted molar refractivity (Wildman–Crippen MR) is 66.5 cm³/mol. The third-order valence-corrected chi connectivity index (χ3v) is 2.78. The van der Waals surface area contributed by atoms with Gasteiger partial charge in [0.25, 0.3) is 0 Å². The lowest BCUT2D eigenvalue weighted by Crippen LogP contribution is -2.28. The molecule has 0 amide bonds. The van der Waals surface area contributed by atoms with E-state index in [4.69, 9.17) is 0 Å². The molecule has 2 atom stereocenters. The van der Waals surface area contributed by atoms with Crippen LogP contribution < -0.4 is 0 Å². The number of benzene rings is 1. The maximum absolute atomic E-state index is 12.8. The summed E-state index contributed by atoms with van der Waals surface area (Å²) in [6.45, 7) is 0. The molecule has 0 saturated carbocycles. The van der Waals surface area contributed by atoms with Gasteiger partial charge in [0.1, 0.15) is 11.9 Å². The number of ether oxygens (including phenoxy) is 1. The first-order valence-electron chi connectivity index (χ1n) is 5.77. The Kier molecular flexibility index (Phi) is 4.11. The summed E-state index contributed by atoms with van der Waals surface area (Å²) in [6, 6.07) is 5.57. The van der Waals surface area contributed by atoms with Gasteiger partial charge in [-0.3, -0.25) is 0 Å². The molecule has 1 aromatic carbocycles. The van der Waals surface area contributed by atoms with Gasteiger partial charge in [0.15, 0.2) is 6.10 Å². The average molecular weight is 280 g/mol. The third-order valence-electron chi connectivity index (χ3n) is 2.78. The van der Waals surface area contributed by atoms with Crippen LogP contribution in [0.5, 0.6) is 0 Å². The monoisotopic (exact) mass is 280 g/mol. The van der Waals surface area contributed by atoms with Gasteiger partial charge in [-0.1, -0.05) is 0 Å². The summed E-state index contributed by atoms with van der Waals surface area (Å²) < 4.78 is 18.5. The van der Waals surface area contributed by atoms with Crippen molar-refractivity contribution in [3.05, 3.63) is 48.0 Å². The second-order valence-corrected chi connectivity index (χ2v) is 4.11. The fraction of sp³-hybridized carbons (Fsp3) is 0.231. The van der Waals surface area contributed by atoms with Crippen molar-refractivity contribution in [1.29, 1.82) is 0 Å². The fourth-order valence-corrected chi connectivity index (χ4v) is 1.66. The highest BCUT2D eigenvalue weighted by molar-refractivity contribution is 5.75. The summed E-state index contributed by atoms with van der Waals surface area (Å²) in [5.41, 5.74) is 0.824. The number of aromatic nitrogens is 2. The van der Waals surface area contributed by atoms with Gasteiger partial charge in [-0.2, -0.15) is 5.10 Å². The van der Waals surface area contributed by atoms with Crippen LogP contribution in [0.15, 0.2) is 36.7 Å². The minimum atomic E-state index is -1.69. The Morgan fingerprint density at radius 1 is 1.35 bits per heavy atom. The number of halogens is 1. The molecule has 2 rings (SSSR count). The molecule has 0 spiro atoms. The van der Waals surface area contributed by atoms with E-state index < -0.39 is 18.2 Å². The molecule has 6 nitrogen and oxygen atoms in total. The summed E-state index contributed by atoms with van der Waals surface area (Å²) in [5, 5.41) is 23.4. The van der Waals surface area contributed by atoms with E-state index in [1.165, 1.54) is 41.3 Å². The van der Waals surface area contributed by atoms with E-state index in [0.29, 0.717) is 5.69 Å². The van der Waals surface area contributed by atoms with Crippen molar-refractivity contribution in [1.82, 2.24) is 9.78 Å². The topological polar surface area (TPSA) is 84.6 Å². The van der Waals surface area contributed by atoms with Crippen molar-refractivity contribution >= 4 is 5.97 Å². The summed E-state index contributed by atoms with van der Waals surface area (Å²) in [7, 11) is 1.11. The van der Waals surface area contributed by atoms with Crippen LogP contribution in [-0.4, -0.2) is 39.2 Å². The van der Waals surface area contributed by atoms with E-state index in [-0.39, 0.29) is 11.4 Å². The van der Waals surface area contributed by atoms with Gasteiger partial charge in [-0.25, -0.2) is 13.9 Å². The molecule has 1 aromatic heterocycles. The highest BCUT2D eigenvalue weighted by atomic mass is 19.1. The molecule has 1 heterocycles. The number of carbonyl (C=O) groups excluding carboxylic acids is 1. The zero-order valence-electron chi connectivity index (χ0n) is 10.6. The standard InChI is InChI=1S/C13H13FN2O4/c1-20-13(19)12(18)11(17)8-6-15-16(7-8)10-4-2-9(14)3-5-10/h2-7,11-12,17-18H,1H3. The van der Waals surface area contributed by atoms with Gasteiger partial charge in [0.05, 0.1) is 19.0 Å². The zero-order chi connectivity index (χ0) is 14.7. The van der Waals surface area contributed by atoms with Gasteiger partial charge in [0, 0.05) is 11.8 Å². The molecule has 20 heavy (non-hydrogen) atoms. The van der Waals surface area contributed by atoms with Crippen molar-refractivity contribution < 1.29 is 24.1 Å². The summed E-state index contributed by atoms with van der Waals surface area (Å²) in [5.74, 6) is -1.31. The first-order valence-corrected chi connectivity index (χ1v) is 5.77.